The summed E-state index contributed by atoms with van der Waals surface area (Å²) in [7, 11) is 0. The Balaban J connectivity index is 1.90. The molecule has 1 saturated heterocycles. The molecule has 3 amide bonds. The minimum atomic E-state index is -0.796. The monoisotopic (exact) mass is 351 g/mol. The fourth-order valence-electron chi connectivity index (χ4n) is 2.84. The maximum absolute atomic E-state index is 12.2. The second-order valence-electron chi connectivity index (χ2n) is 7.06. The van der Waals surface area contributed by atoms with Crippen LogP contribution in [0.5, 0.6) is 0 Å². The molecule has 0 aliphatic carbocycles. The number of hydrogen-bond donors (Lipinski definition) is 1. The molecule has 1 aromatic carbocycles. The van der Waals surface area contributed by atoms with Crippen molar-refractivity contribution in [3.8, 4) is 0 Å². The van der Waals surface area contributed by atoms with Gasteiger partial charge in [-0.25, -0.2) is 4.79 Å². The Morgan fingerprint density at radius 1 is 1.29 bits per heavy atom. The largest absolute Gasteiger partial charge is 0.325 e. The number of nitrogens with one attached hydrogen (secondary N) is 1. The topological polar surface area (TPSA) is 52.6 Å². The molecule has 0 aromatic heterocycles. The van der Waals surface area contributed by atoms with Gasteiger partial charge < -0.3 is 5.32 Å². The fourth-order valence-corrected chi connectivity index (χ4v) is 3.06. The van der Waals surface area contributed by atoms with Crippen LogP contribution >= 0.6 is 11.6 Å². The van der Waals surface area contributed by atoms with Gasteiger partial charge in [-0.1, -0.05) is 23.7 Å². The van der Waals surface area contributed by atoms with Crippen molar-refractivity contribution < 1.29 is 9.59 Å². The molecule has 5 nitrogen and oxygen atoms in total. The maximum Gasteiger partial charge on any atom is 0.325 e. The first-order valence-corrected chi connectivity index (χ1v) is 8.71. The van der Waals surface area contributed by atoms with Crippen molar-refractivity contribution in [2.75, 3.05) is 13.1 Å². The third-order valence-corrected chi connectivity index (χ3v) is 4.51. The Hall–Kier alpha value is -1.59. The highest BCUT2D eigenvalue weighted by molar-refractivity contribution is 6.30. The van der Waals surface area contributed by atoms with Crippen LogP contribution in [-0.4, -0.2) is 46.4 Å². The predicted octanol–water partition coefficient (Wildman–Crippen LogP) is 3.27. The zero-order valence-electron chi connectivity index (χ0n) is 14.8. The quantitative estimate of drug-likeness (QED) is 0.767. The molecule has 1 heterocycles. The highest BCUT2D eigenvalue weighted by atomic mass is 35.5. The van der Waals surface area contributed by atoms with E-state index >= 15 is 0 Å². The summed E-state index contributed by atoms with van der Waals surface area (Å²) < 4.78 is 0. The van der Waals surface area contributed by atoms with Crippen molar-refractivity contribution in [1.29, 1.82) is 0 Å². The molecule has 1 aliphatic rings. The predicted molar refractivity (Wildman–Crippen MR) is 95.9 cm³/mol. The van der Waals surface area contributed by atoms with Gasteiger partial charge >= 0.3 is 6.03 Å². The minimum Gasteiger partial charge on any atom is -0.324 e. The van der Waals surface area contributed by atoms with Crippen molar-refractivity contribution in [3.63, 3.8) is 0 Å². The number of rotatable bonds is 7. The zero-order chi connectivity index (χ0) is 17.9. The lowest BCUT2D eigenvalue weighted by atomic mass is 10.1. The summed E-state index contributed by atoms with van der Waals surface area (Å²) in [5.41, 5.74) is 0.364. The number of urea groups is 1. The lowest BCUT2D eigenvalue weighted by Gasteiger charge is -2.27. The zero-order valence-corrected chi connectivity index (χ0v) is 15.6. The number of benzene rings is 1. The van der Waals surface area contributed by atoms with Gasteiger partial charge in [0.2, 0.25) is 0 Å². The first-order chi connectivity index (χ1) is 11.2. The molecule has 1 aliphatic heterocycles. The molecule has 0 unspecified atom stereocenters. The summed E-state index contributed by atoms with van der Waals surface area (Å²) in [5, 5.41) is 3.44. The van der Waals surface area contributed by atoms with Crippen LogP contribution in [0.25, 0.3) is 0 Å². The van der Waals surface area contributed by atoms with Crippen LogP contribution in [0.15, 0.2) is 24.3 Å². The second-order valence-corrected chi connectivity index (χ2v) is 7.50. The van der Waals surface area contributed by atoms with Gasteiger partial charge in [0.25, 0.3) is 5.91 Å². The van der Waals surface area contributed by atoms with Gasteiger partial charge in [0.15, 0.2) is 0 Å². The maximum atomic E-state index is 12.2. The van der Waals surface area contributed by atoms with E-state index in [-0.39, 0.29) is 11.9 Å². The molecule has 24 heavy (non-hydrogen) atoms. The van der Waals surface area contributed by atoms with E-state index in [0.717, 1.165) is 30.1 Å². The molecule has 0 atom stereocenters. The lowest BCUT2D eigenvalue weighted by Crippen LogP contribution is -2.40. The molecule has 0 spiro atoms. The van der Waals surface area contributed by atoms with E-state index in [4.69, 9.17) is 11.6 Å². The number of hydrogen-bond acceptors (Lipinski definition) is 3. The Morgan fingerprint density at radius 3 is 2.54 bits per heavy atom. The molecule has 1 fully saturated rings. The molecule has 2 rings (SSSR count). The molecule has 132 valence electrons. The van der Waals surface area contributed by atoms with E-state index < -0.39 is 5.54 Å². The molecular weight excluding hydrogens is 326 g/mol. The van der Waals surface area contributed by atoms with Gasteiger partial charge in [-0.3, -0.25) is 14.6 Å². The van der Waals surface area contributed by atoms with Crippen molar-refractivity contribution in [2.24, 2.45) is 0 Å². The number of amides is 3. The first-order valence-electron chi connectivity index (χ1n) is 8.33. The van der Waals surface area contributed by atoms with Gasteiger partial charge in [-0.2, -0.15) is 0 Å². The standard InChI is InChI=1S/C18H26ClN3O2/c1-13(2)21(12-14-7-5-8-15(19)11-14)9-6-10-22-16(23)18(3,4)20-17(22)24/h5,7-8,11,13H,6,9-10,12H2,1-4H3,(H,20,24). The van der Waals surface area contributed by atoms with E-state index in [9.17, 15) is 9.59 Å². The van der Waals surface area contributed by atoms with Gasteiger partial charge in [0, 0.05) is 30.7 Å². The molecule has 6 heteroatoms. The van der Waals surface area contributed by atoms with Crippen LogP contribution in [0, 0.1) is 0 Å². The second kappa shape index (κ2) is 7.53. The summed E-state index contributed by atoms with van der Waals surface area (Å²) in [6.07, 6.45) is 0.744. The van der Waals surface area contributed by atoms with Crippen molar-refractivity contribution >= 4 is 23.5 Å². The van der Waals surface area contributed by atoms with Crippen molar-refractivity contribution in [1.82, 2.24) is 15.1 Å². The fraction of sp³-hybridized carbons (Fsp3) is 0.556. The normalized spacial score (nSPS) is 17.0. The molecule has 0 saturated carbocycles. The third kappa shape index (κ3) is 4.48. The van der Waals surface area contributed by atoms with Crippen LogP contribution < -0.4 is 5.32 Å². The van der Waals surface area contributed by atoms with Crippen molar-refractivity contribution in [2.45, 2.75) is 52.2 Å². The molecular formula is C18H26ClN3O2. The van der Waals surface area contributed by atoms with Gasteiger partial charge in [0.1, 0.15) is 5.54 Å². The SMILES string of the molecule is CC(C)N(CCCN1C(=O)NC(C)(C)C1=O)Cc1cccc(Cl)c1. The molecule has 0 bridgehead atoms. The number of halogens is 1. The number of carbonyl (C=O) groups excluding carboxylic acids is 2. The van der Waals surface area contributed by atoms with E-state index in [0.29, 0.717) is 12.6 Å². The lowest BCUT2D eigenvalue weighted by molar-refractivity contribution is -0.130. The summed E-state index contributed by atoms with van der Waals surface area (Å²) in [4.78, 5) is 27.7. The Bertz CT molecular complexity index is 616. The molecule has 1 N–H and O–H groups in total. The van der Waals surface area contributed by atoms with Crippen LogP contribution in [0.3, 0.4) is 0 Å². The van der Waals surface area contributed by atoms with E-state index in [2.05, 4.69) is 30.1 Å². The summed E-state index contributed by atoms with van der Waals surface area (Å²) >= 11 is 6.05. The Kier molecular flexibility index (Phi) is 5.88. The minimum absolute atomic E-state index is 0.154. The van der Waals surface area contributed by atoms with E-state index in [1.807, 2.05) is 18.2 Å². The summed E-state index contributed by atoms with van der Waals surface area (Å²) in [6.45, 7) is 9.78. The van der Waals surface area contributed by atoms with Gasteiger partial charge in [0.05, 0.1) is 0 Å². The van der Waals surface area contributed by atoms with E-state index in [1.54, 1.807) is 13.8 Å². The first kappa shape index (κ1) is 18.7. The smallest absolute Gasteiger partial charge is 0.324 e. The third-order valence-electron chi connectivity index (χ3n) is 4.28. The van der Waals surface area contributed by atoms with Crippen LogP contribution in [-0.2, 0) is 11.3 Å². The van der Waals surface area contributed by atoms with Gasteiger partial charge in [-0.15, -0.1) is 0 Å². The number of imide groups is 1. The van der Waals surface area contributed by atoms with Gasteiger partial charge in [-0.05, 0) is 51.8 Å². The molecule has 0 radical (unpaired) electrons. The van der Waals surface area contributed by atoms with Crippen LogP contribution in [0.4, 0.5) is 4.79 Å². The average Bonchev–Trinajstić information content (AvgIpc) is 2.67. The molecule has 1 aromatic rings. The van der Waals surface area contributed by atoms with Crippen LogP contribution in [0.1, 0.15) is 39.7 Å². The highest BCUT2D eigenvalue weighted by Gasteiger charge is 2.43. The highest BCUT2D eigenvalue weighted by Crippen LogP contribution is 2.18. The summed E-state index contributed by atoms with van der Waals surface area (Å²) in [6, 6.07) is 7.91. The van der Waals surface area contributed by atoms with E-state index in [1.165, 1.54) is 4.90 Å². The number of carbonyl (C=O) groups is 2. The Labute approximate surface area is 149 Å². The van der Waals surface area contributed by atoms with Crippen molar-refractivity contribution in [3.05, 3.63) is 34.9 Å². The van der Waals surface area contributed by atoms with Crippen LogP contribution in [0.2, 0.25) is 5.02 Å². The average molecular weight is 352 g/mol. The Morgan fingerprint density at radius 2 is 2.00 bits per heavy atom. The number of nitrogens with zero attached hydrogens (tertiary/aromatic N) is 2. The summed E-state index contributed by atoms with van der Waals surface area (Å²) in [5.74, 6) is -0.154.